The van der Waals surface area contributed by atoms with E-state index >= 15 is 0 Å². The lowest BCUT2D eigenvalue weighted by Gasteiger charge is -2.20. The summed E-state index contributed by atoms with van der Waals surface area (Å²) in [6.45, 7) is 6.60. The van der Waals surface area contributed by atoms with Crippen molar-refractivity contribution in [2.24, 2.45) is 0 Å². The van der Waals surface area contributed by atoms with Crippen LogP contribution in [-0.4, -0.2) is 18.9 Å². The molecule has 0 spiro atoms. The lowest BCUT2D eigenvalue weighted by Crippen LogP contribution is -2.36. The maximum Gasteiger partial charge on any atom is 0.227 e. The molecule has 3 heteroatoms. The Hall–Kier alpha value is -2.16. The number of pyridine rings is 1. The van der Waals surface area contributed by atoms with Gasteiger partial charge in [0.1, 0.15) is 0 Å². The zero-order valence-electron chi connectivity index (χ0n) is 12.1. The smallest absolute Gasteiger partial charge is 0.227 e. The molecular formula is C17H21N2O+. The number of anilines is 1. The minimum atomic E-state index is 0.132. The molecule has 0 aliphatic rings. The van der Waals surface area contributed by atoms with Crippen LogP contribution in [0.2, 0.25) is 0 Å². The Kier molecular flexibility index (Phi) is 4.88. The second-order valence-corrected chi connectivity index (χ2v) is 4.69. The number of benzene rings is 1. The van der Waals surface area contributed by atoms with E-state index in [2.05, 4.69) is 18.7 Å². The number of hydrogen-bond donors (Lipinski definition) is 0. The Morgan fingerprint density at radius 3 is 2.15 bits per heavy atom. The molecular weight excluding hydrogens is 248 g/mol. The Balaban J connectivity index is 2.08. The van der Waals surface area contributed by atoms with Gasteiger partial charge in [-0.1, -0.05) is 6.07 Å². The second kappa shape index (κ2) is 6.85. The van der Waals surface area contributed by atoms with Gasteiger partial charge in [-0.05, 0) is 38.1 Å². The van der Waals surface area contributed by atoms with Crippen molar-refractivity contribution in [1.82, 2.24) is 0 Å². The standard InChI is InChI=1S/C17H21N2O/c1-3-19(4-2)16-10-8-15(9-11-16)17(20)14-18-12-6-5-7-13-18/h5-13H,3-4,14H2,1-2H3/q+1. The van der Waals surface area contributed by atoms with E-state index in [4.69, 9.17) is 0 Å². The van der Waals surface area contributed by atoms with Crippen molar-refractivity contribution < 1.29 is 9.36 Å². The summed E-state index contributed by atoms with van der Waals surface area (Å²) in [6.07, 6.45) is 3.81. The van der Waals surface area contributed by atoms with E-state index in [1.807, 2.05) is 59.4 Å². The van der Waals surface area contributed by atoms with Crippen LogP contribution in [0.3, 0.4) is 0 Å². The van der Waals surface area contributed by atoms with Gasteiger partial charge in [0, 0.05) is 36.5 Å². The summed E-state index contributed by atoms with van der Waals surface area (Å²) >= 11 is 0. The number of nitrogens with zero attached hydrogens (tertiary/aromatic N) is 2. The minimum absolute atomic E-state index is 0.132. The molecule has 1 heterocycles. The summed E-state index contributed by atoms with van der Waals surface area (Å²) in [7, 11) is 0. The fraction of sp³-hybridized carbons (Fsp3) is 0.294. The Bertz CT molecular complexity index is 545. The SMILES string of the molecule is CCN(CC)c1ccc(C(=O)C[n+]2ccccc2)cc1. The lowest BCUT2D eigenvalue weighted by atomic mass is 10.1. The highest BCUT2D eigenvalue weighted by molar-refractivity contribution is 5.95. The molecule has 0 unspecified atom stereocenters. The Labute approximate surface area is 120 Å². The van der Waals surface area contributed by atoms with Gasteiger partial charge in [-0.3, -0.25) is 4.79 Å². The van der Waals surface area contributed by atoms with Crippen molar-refractivity contribution >= 4 is 11.5 Å². The van der Waals surface area contributed by atoms with Crippen LogP contribution in [-0.2, 0) is 6.54 Å². The van der Waals surface area contributed by atoms with Crippen LogP contribution in [0.5, 0.6) is 0 Å². The number of Topliss-reactive ketones (excluding diaryl/α,β-unsaturated/α-hetero) is 1. The number of carbonyl (C=O) groups is 1. The Morgan fingerprint density at radius 2 is 1.60 bits per heavy atom. The van der Waals surface area contributed by atoms with Gasteiger partial charge in [-0.25, -0.2) is 0 Å². The zero-order chi connectivity index (χ0) is 14.4. The van der Waals surface area contributed by atoms with Gasteiger partial charge in [0.2, 0.25) is 12.3 Å². The van der Waals surface area contributed by atoms with E-state index in [-0.39, 0.29) is 5.78 Å². The van der Waals surface area contributed by atoms with E-state index in [9.17, 15) is 4.79 Å². The van der Waals surface area contributed by atoms with Crippen LogP contribution < -0.4 is 9.47 Å². The van der Waals surface area contributed by atoms with E-state index in [0.717, 1.165) is 18.7 Å². The normalized spacial score (nSPS) is 10.3. The van der Waals surface area contributed by atoms with Gasteiger partial charge in [0.25, 0.3) is 0 Å². The average molecular weight is 269 g/mol. The molecule has 0 bridgehead atoms. The number of carbonyl (C=O) groups excluding carboxylic acids is 1. The highest BCUT2D eigenvalue weighted by Gasteiger charge is 2.12. The molecule has 0 saturated heterocycles. The van der Waals surface area contributed by atoms with Crippen LogP contribution in [0.4, 0.5) is 5.69 Å². The molecule has 0 saturated carbocycles. The first-order chi connectivity index (χ1) is 9.74. The maximum atomic E-state index is 12.2. The fourth-order valence-corrected chi connectivity index (χ4v) is 2.24. The molecule has 1 aromatic heterocycles. The highest BCUT2D eigenvalue weighted by Crippen LogP contribution is 2.15. The number of rotatable bonds is 6. The first-order valence-corrected chi connectivity index (χ1v) is 7.07. The van der Waals surface area contributed by atoms with E-state index in [0.29, 0.717) is 6.54 Å². The molecule has 2 rings (SSSR count). The summed E-state index contributed by atoms with van der Waals surface area (Å²) in [4.78, 5) is 14.5. The molecule has 2 aromatic rings. The van der Waals surface area contributed by atoms with Crippen LogP contribution in [0.1, 0.15) is 24.2 Å². The van der Waals surface area contributed by atoms with Crippen molar-refractivity contribution in [3.63, 3.8) is 0 Å². The third kappa shape index (κ3) is 3.44. The first kappa shape index (κ1) is 14.3. The largest absolute Gasteiger partial charge is 0.372 e. The highest BCUT2D eigenvalue weighted by atomic mass is 16.1. The van der Waals surface area contributed by atoms with Gasteiger partial charge in [-0.2, -0.15) is 4.57 Å². The predicted molar refractivity (Wildman–Crippen MR) is 81.0 cm³/mol. The third-order valence-corrected chi connectivity index (χ3v) is 3.42. The molecule has 0 aliphatic heterocycles. The van der Waals surface area contributed by atoms with Crippen molar-refractivity contribution in [3.8, 4) is 0 Å². The van der Waals surface area contributed by atoms with Crippen molar-refractivity contribution in [1.29, 1.82) is 0 Å². The molecule has 0 radical (unpaired) electrons. The first-order valence-electron chi connectivity index (χ1n) is 7.07. The molecule has 0 fully saturated rings. The molecule has 0 atom stereocenters. The Morgan fingerprint density at radius 1 is 1.00 bits per heavy atom. The molecule has 0 amide bonds. The number of aromatic nitrogens is 1. The van der Waals surface area contributed by atoms with Crippen LogP contribution >= 0.6 is 0 Å². The monoisotopic (exact) mass is 269 g/mol. The average Bonchev–Trinajstić information content (AvgIpc) is 2.50. The molecule has 104 valence electrons. The summed E-state index contributed by atoms with van der Waals surface area (Å²) in [5.74, 6) is 0.132. The maximum absolute atomic E-state index is 12.2. The molecule has 1 aromatic carbocycles. The third-order valence-electron chi connectivity index (χ3n) is 3.42. The fourth-order valence-electron chi connectivity index (χ4n) is 2.24. The quantitative estimate of drug-likeness (QED) is 0.595. The summed E-state index contributed by atoms with van der Waals surface area (Å²) in [6, 6.07) is 13.7. The van der Waals surface area contributed by atoms with Gasteiger partial charge in [0.05, 0.1) is 0 Å². The summed E-state index contributed by atoms with van der Waals surface area (Å²) in [5.41, 5.74) is 1.93. The number of ketones is 1. The van der Waals surface area contributed by atoms with Gasteiger partial charge < -0.3 is 4.90 Å². The predicted octanol–water partition coefficient (Wildman–Crippen LogP) is 2.70. The van der Waals surface area contributed by atoms with Crippen molar-refractivity contribution in [2.45, 2.75) is 20.4 Å². The zero-order valence-corrected chi connectivity index (χ0v) is 12.1. The van der Waals surface area contributed by atoms with Crippen molar-refractivity contribution in [2.75, 3.05) is 18.0 Å². The lowest BCUT2D eigenvalue weighted by molar-refractivity contribution is -0.683. The van der Waals surface area contributed by atoms with Gasteiger partial charge >= 0.3 is 0 Å². The van der Waals surface area contributed by atoms with Gasteiger partial charge in [-0.15, -0.1) is 0 Å². The molecule has 3 nitrogen and oxygen atoms in total. The van der Waals surface area contributed by atoms with Gasteiger partial charge in [0.15, 0.2) is 12.4 Å². The van der Waals surface area contributed by atoms with E-state index < -0.39 is 0 Å². The summed E-state index contributed by atoms with van der Waals surface area (Å²) in [5, 5.41) is 0. The molecule has 0 aliphatic carbocycles. The molecule has 20 heavy (non-hydrogen) atoms. The molecule has 0 N–H and O–H groups in total. The van der Waals surface area contributed by atoms with E-state index in [1.54, 1.807) is 0 Å². The van der Waals surface area contributed by atoms with Crippen molar-refractivity contribution in [3.05, 3.63) is 60.4 Å². The second-order valence-electron chi connectivity index (χ2n) is 4.69. The van der Waals surface area contributed by atoms with Crippen LogP contribution in [0, 0.1) is 0 Å². The minimum Gasteiger partial charge on any atom is -0.372 e. The topological polar surface area (TPSA) is 24.2 Å². The number of hydrogen-bond acceptors (Lipinski definition) is 2. The summed E-state index contributed by atoms with van der Waals surface area (Å²) < 4.78 is 1.89. The van der Waals surface area contributed by atoms with Crippen LogP contribution in [0.15, 0.2) is 54.9 Å². The van der Waals surface area contributed by atoms with Crippen LogP contribution in [0.25, 0.3) is 0 Å². The van der Waals surface area contributed by atoms with E-state index in [1.165, 1.54) is 5.69 Å².